The van der Waals surface area contributed by atoms with Crippen molar-refractivity contribution in [2.45, 2.75) is 44.6 Å². The van der Waals surface area contributed by atoms with Gasteiger partial charge in [0.25, 0.3) is 0 Å². The fourth-order valence-corrected chi connectivity index (χ4v) is 2.70. The highest BCUT2D eigenvalue weighted by atomic mass is 15.0. The second kappa shape index (κ2) is 4.11. The Morgan fingerprint density at radius 2 is 2.18 bits per heavy atom. The number of aromatic nitrogens is 3. The highest BCUT2D eigenvalue weighted by Crippen LogP contribution is 2.31. The number of hydrogen-bond donors (Lipinski definition) is 2. The summed E-state index contributed by atoms with van der Waals surface area (Å²) in [6.45, 7) is 2.04. The fourth-order valence-electron chi connectivity index (χ4n) is 2.70. The first-order chi connectivity index (χ1) is 8.24. The van der Waals surface area contributed by atoms with Gasteiger partial charge < -0.3 is 10.7 Å². The summed E-state index contributed by atoms with van der Waals surface area (Å²) in [5.41, 5.74) is 9.17. The van der Waals surface area contributed by atoms with Gasteiger partial charge in [-0.25, -0.2) is 9.97 Å². The quantitative estimate of drug-likeness (QED) is 0.789. The zero-order chi connectivity index (χ0) is 11.8. The van der Waals surface area contributed by atoms with Gasteiger partial charge in [0.1, 0.15) is 5.82 Å². The van der Waals surface area contributed by atoms with E-state index >= 15 is 0 Å². The number of aryl methyl sites for hydroxylation is 1. The number of aromatic amines is 1. The Labute approximate surface area is 101 Å². The van der Waals surface area contributed by atoms with E-state index in [2.05, 4.69) is 21.0 Å². The molecule has 3 N–H and O–H groups in total. The molecule has 0 amide bonds. The summed E-state index contributed by atoms with van der Waals surface area (Å²) in [6.07, 6.45) is 6.60. The van der Waals surface area contributed by atoms with Crippen LogP contribution in [-0.4, -0.2) is 21.0 Å². The molecule has 0 saturated heterocycles. The molecule has 17 heavy (non-hydrogen) atoms. The molecule has 1 saturated carbocycles. The van der Waals surface area contributed by atoms with Crippen molar-refractivity contribution in [2.75, 3.05) is 0 Å². The van der Waals surface area contributed by atoms with Gasteiger partial charge in [0.05, 0.1) is 5.52 Å². The number of rotatable bonds is 1. The molecule has 1 aliphatic rings. The van der Waals surface area contributed by atoms with Gasteiger partial charge in [0.15, 0.2) is 5.65 Å². The van der Waals surface area contributed by atoms with Gasteiger partial charge in [-0.05, 0) is 31.4 Å². The van der Waals surface area contributed by atoms with Crippen LogP contribution in [0.15, 0.2) is 12.3 Å². The van der Waals surface area contributed by atoms with Gasteiger partial charge in [-0.3, -0.25) is 0 Å². The molecule has 90 valence electrons. The van der Waals surface area contributed by atoms with Crippen molar-refractivity contribution in [3.05, 3.63) is 23.7 Å². The summed E-state index contributed by atoms with van der Waals surface area (Å²) in [4.78, 5) is 12.3. The van der Waals surface area contributed by atoms with E-state index in [-0.39, 0.29) is 6.04 Å². The number of imidazole rings is 1. The lowest BCUT2D eigenvalue weighted by atomic mass is 9.84. The van der Waals surface area contributed by atoms with E-state index in [0.29, 0.717) is 5.92 Å². The Kier molecular flexibility index (Phi) is 2.59. The van der Waals surface area contributed by atoms with Gasteiger partial charge in [-0.15, -0.1) is 0 Å². The summed E-state index contributed by atoms with van der Waals surface area (Å²) in [6, 6.07) is 2.33. The van der Waals surface area contributed by atoms with E-state index < -0.39 is 0 Å². The molecule has 0 bridgehead atoms. The predicted molar refractivity (Wildman–Crippen MR) is 67.8 cm³/mol. The maximum absolute atomic E-state index is 6.18. The van der Waals surface area contributed by atoms with Crippen LogP contribution in [0.1, 0.15) is 43.0 Å². The average Bonchev–Trinajstić information content (AvgIpc) is 2.72. The fraction of sp³-hybridized carbons (Fsp3) is 0.538. The van der Waals surface area contributed by atoms with Crippen LogP contribution in [0.5, 0.6) is 0 Å². The minimum absolute atomic E-state index is 0.241. The summed E-state index contributed by atoms with van der Waals surface area (Å²) in [7, 11) is 0. The van der Waals surface area contributed by atoms with Gasteiger partial charge in [0.2, 0.25) is 0 Å². The molecular weight excluding hydrogens is 212 g/mol. The molecule has 0 spiro atoms. The number of nitrogens with two attached hydrogens (primary N) is 1. The summed E-state index contributed by atoms with van der Waals surface area (Å²) >= 11 is 0. The van der Waals surface area contributed by atoms with Crippen molar-refractivity contribution >= 4 is 11.2 Å². The third-order valence-electron chi connectivity index (χ3n) is 3.66. The lowest BCUT2D eigenvalue weighted by Crippen LogP contribution is -2.31. The van der Waals surface area contributed by atoms with Crippen LogP contribution < -0.4 is 5.73 Å². The Hall–Kier alpha value is -1.42. The van der Waals surface area contributed by atoms with E-state index in [1.807, 2.05) is 13.1 Å². The smallest absolute Gasteiger partial charge is 0.177 e. The van der Waals surface area contributed by atoms with Crippen molar-refractivity contribution in [2.24, 2.45) is 5.73 Å². The highest BCUT2D eigenvalue weighted by molar-refractivity contribution is 5.71. The van der Waals surface area contributed by atoms with Crippen molar-refractivity contribution < 1.29 is 0 Å². The van der Waals surface area contributed by atoms with Crippen LogP contribution >= 0.6 is 0 Å². The molecule has 4 nitrogen and oxygen atoms in total. The van der Waals surface area contributed by atoms with Crippen LogP contribution in [0, 0.1) is 6.92 Å². The minimum atomic E-state index is 0.241. The second-order valence-electron chi connectivity index (χ2n) is 5.06. The lowest BCUT2D eigenvalue weighted by Gasteiger charge is -2.26. The molecule has 2 heterocycles. The molecule has 4 heteroatoms. The van der Waals surface area contributed by atoms with Gasteiger partial charge in [-0.1, -0.05) is 12.8 Å². The predicted octanol–water partition coefficient (Wildman–Crippen LogP) is 2.25. The Morgan fingerprint density at radius 3 is 3.00 bits per heavy atom. The Bertz CT molecular complexity index is 531. The first-order valence-corrected chi connectivity index (χ1v) is 6.32. The van der Waals surface area contributed by atoms with Gasteiger partial charge in [0, 0.05) is 18.2 Å². The number of fused-ring (bicyclic) bond motifs is 1. The molecule has 0 aliphatic heterocycles. The lowest BCUT2D eigenvalue weighted by molar-refractivity contribution is 0.375. The van der Waals surface area contributed by atoms with E-state index in [0.717, 1.165) is 35.4 Å². The van der Waals surface area contributed by atoms with E-state index in [1.54, 1.807) is 0 Å². The van der Waals surface area contributed by atoms with Crippen LogP contribution in [0.3, 0.4) is 0 Å². The second-order valence-corrected chi connectivity index (χ2v) is 5.06. The third-order valence-corrected chi connectivity index (χ3v) is 3.66. The van der Waals surface area contributed by atoms with Crippen LogP contribution in [-0.2, 0) is 0 Å². The summed E-state index contributed by atoms with van der Waals surface area (Å²) in [5.74, 6) is 1.39. The standard InChI is InChI=1S/C13H18N4/c1-8-6-11-13(15-7-8)17-12(16-11)9-4-2-3-5-10(9)14/h6-7,9-10H,2-5,14H2,1H3,(H,15,16,17). The molecule has 2 aromatic rings. The maximum Gasteiger partial charge on any atom is 0.177 e. The molecular formula is C13H18N4. The van der Waals surface area contributed by atoms with E-state index in [9.17, 15) is 0 Å². The topological polar surface area (TPSA) is 67.6 Å². The van der Waals surface area contributed by atoms with Crippen LogP contribution in [0.25, 0.3) is 11.2 Å². The first kappa shape index (κ1) is 10.7. The van der Waals surface area contributed by atoms with E-state index in [1.165, 1.54) is 12.8 Å². The molecule has 3 rings (SSSR count). The van der Waals surface area contributed by atoms with Crippen LogP contribution in [0.2, 0.25) is 0 Å². The molecule has 2 aromatic heterocycles. The number of hydrogen-bond acceptors (Lipinski definition) is 3. The zero-order valence-electron chi connectivity index (χ0n) is 10.1. The van der Waals surface area contributed by atoms with Crippen molar-refractivity contribution in [1.29, 1.82) is 0 Å². The number of pyridine rings is 1. The molecule has 1 fully saturated rings. The van der Waals surface area contributed by atoms with Crippen molar-refractivity contribution in [3.63, 3.8) is 0 Å². The normalized spacial score (nSPS) is 25.3. The average molecular weight is 230 g/mol. The number of nitrogens with one attached hydrogen (secondary N) is 1. The van der Waals surface area contributed by atoms with Crippen LogP contribution in [0.4, 0.5) is 0 Å². The Balaban J connectivity index is 1.99. The monoisotopic (exact) mass is 230 g/mol. The minimum Gasteiger partial charge on any atom is -0.340 e. The first-order valence-electron chi connectivity index (χ1n) is 6.32. The van der Waals surface area contributed by atoms with Gasteiger partial charge in [-0.2, -0.15) is 0 Å². The highest BCUT2D eigenvalue weighted by Gasteiger charge is 2.26. The summed E-state index contributed by atoms with van der Waals surface area (Å²) < 4.78 is 0. The molecule has 0 radical (unpaired) electrons. The zero-order valence-corrected chi connectivity index (χ0v) is 10.1. The van der Waals surface area contributed by atoms with E-state index in [4.69, 9.17) is 5.73 Å². The molecule has 2 atom stereocenters. The SMILES string of the molecule is Cc1cnc2nc(C3CCCCC3N)[nH]c2c1. The van der Waals surface area contributed by atoms with Crippen molar-refractivity contribution in [3.8, 4) is 0 Å². The molecule has 2 unspecified atom stereocenters. The maximum atomic E-state index is 6.18. The molecule has 0 aromatic carbocycles. The largest absolute Gasteiger partial charge is 0.340 e. The van der Waals surface area contributed by atoms with Gasteiger partial charge >= 0.3 is 0 Å². The molecule has 1 aliphatic carbocycles. The summed E-state index contributed by atoms with van der Waals surface area (Å²) in [5, 5.41) is 0. The number of H-pyrrole nitrogens is 1. The van der Waals surface area contributed by atoms with Crippen molar-refractivity contribution in [1.82, 2.24) is 15.0 Å². The Morgan fingerprint density at radius 1 is 1.35 bits per heavy atom. The number of nitrogens with zero attached hydrogens (tertiary/aromatic N) is 2. The third kappa shape index (κ3) is 1.93.